The molecule has 30 heavy (non-hydrogen) atoms. The topological polar surface area (TPSA) is 108 Å². The van der Waals surface area contributed by atoms with Gasteiger partial charge in [0.1, 0.15) is 5.69 Å². The zero-order chi connectivity index (χ0) is 21.5. The van der Waals surface area contributed by atoms with Crippen molar-refractivity contribution in [2.24, 2.45) is 0 Å². The Hall–Kier alpha value is -3.33. The number of carbonyl (C=O) groups is 2. The van der Waals surface area contributed by atoms with Crippen LogP contribution < -0.4 is 15.5 Å². The minimum Gasteiger partial charge on any atom is -0.371 e. The van der Waals surface area contributed by atoms with Crippen molar-refractivity contribution in [3.05, 3.63) is 63.7 Å². The molecule has 0 aromatic heterocycles. The van der Waals surface area contributed by atoms with Gasteiger partial charge in [-0.15, -0.1) is 0 Å². The van der Waals surface area contributed by atoms with Crippen LogP contribution in [0.3, 0.4) is 0 Å². The third-order valence-corrected chi connectivity index (χ3v) is 5.02. The highest BCUT2D eigenvalue weighted by Crippen LogP contribution is 2.23. The minimum absolute atomic E-state index is 0.112. The van der Waals surface area contributed by atoms with Gasteiger partial charge in [0.15, 0.2) is 0 Å². The molecule has 1 aliphatic rings. The Kier molecular flexibility index (Phi) is 7.08. The Morgan fingerprint density at radius 2 is 1.77 bits per heavy atom. The molecule has 0 radical (unpaired) electrons. The number of benzene rings is 2. The van der Waals surface area contributed by atoms with E-state index >= 15 is 0 Å². The van der Waals surface area contributed by atoms with Gasteiger partial charge in [-0.3, -0.25) is 19.7 Å². The Morgan fingerprint density at radius 1 is 1.03 bits per heavy atom. The summed E-state index contributed by atoms with van der Waals surface area (Å²) in [5, 5.41) is 16.9. The van der Waals surface area contributed by atoms with Crippen LogP contribution in [0.15, 0.2) is 48.5 Å². The second kappa shape index (κ2) is 9.93. The molecule has 2 amide bonds. The largest absolute Gasteiger partial charge is 0.371 e. The quantitative estimate of drug-likeness (QED) is 0.513. The van der Waals surface area contributed by atoms with E-state index in [-0.39, 0.29) is 30.4 Å². The Morgan fingerprint density at radius 3 is 2.47 bits per heavy atom. The summed E-state index contributed by atoms with van der Waals surface area (Å²) in [5.41, 5.74) is 1.16. The third-order valence-electron chi connectivity index (χ3n) is 4.78. The molecule has 1 heterocycles. The number of nitrogens with zero attached hydrogens (tertiary/aromatic N) is 3. The zero-order valence-electron chi connectivity index (χ0n) is 16.2. The zero-order valence-corrected chi connectivity index (χ0v) is 17.0. The van der Waals surface area contributed by atoms with Crippen LogP contribution in [0.4, 0.5) is 17.1 Å². The summed E-state index contributed by atoms with van der Waals surface area (Å²) in [6, 6.07) is 13.6. The first kappa shape index (κ1) is 21.4. The van der Waals surface area contributed by atoms with E-state index in [4.69, 9.17) is 11.6 Å². The van der Waals surface area contributed by atoms with Crippen molar-refractivity contribution in [3.8, 4) is 0 Å². The summed E-state index contributed by atoms with van der Waals surface area (Å²) in [7, 11) is 0. The van der Waals surface area contributed by atoms with E-state index in [1.807, 2.05) is 24.3 Å². The van der Waals surface area contributed by atoms with Gasteiger partial charge in [0.2, 0.25) is 11.8 Å². The second-order valence-electron chi connectivity index (χ2n) is 6.75. The van der Waals surface area contributed by atoms with Crippen molar-refractivity contribution in [1.29, 1.82) is 0 Å². The van der Waals surface area contributed by atoms with Gasteiger partial charge in [-0.2, -0.15) is 0 Å². The number of hydrogen-bond acceptors (Lipinski definition) is 6. The highest BCUT2D eigenvalue weighted by Gasteiger charge is 2.22. The lowest BCUT2D eigenvalue weighted by molar-refractivity contribution is -0.383. The number of rotatable bonds is 7. The molecule has 2 aromatic rings. The van der Waals surface area contributed by atoms with Gasteiger partial charge in [-0.1, -0.05) is 29.8 Å². The highest BCUT2D eigenvalue weighted by atomic mass is 35.5. The van der Waals surface area contributed by atoms with Crippen LogP contribution in [0.1, 0.15) is 0 Å². The molecule has 0 saturated carbocycles. The maximum Gasteiger partial charge on any atom is 0.292 e. The van der Waals surface area contributed by atoms with Crippen molar-refractivity contribution in [2.75, 3.05) is 49.5 Å². The first-order chi connectivity index (χ1) is 14.4. The predicted molar refractivity (Wildman–Crippen MR) is 115 cm³/mol. The Balaban J connectivity index is 1.42. The molecule has 1 saturated heterocycles. The lowest BCUT2D eigenvalue weighted by Crippen LogP contribution is -2.51. The average molecular weight is 432 g/mol. The molecule has 0 bridgehead atoms. The fourth-order valence-corrected chi connectivity index (χ4v) is 3.38. The summed E-state index contributed by atoms with van der Waals surface area (Å²) in [4.78, 5) is 38.7. The number of nitro groups is 1. The maximum absolute atomic E-state index is 12.4. The molecule has 9 nitrogen and oxygen atoms in total. The summed E-state index contributed by atoms with van der Waals surface area (Å²) >= 11 is 6.03. The van der Waals surface area contributed by atoms with Crippen LogP contribution in [0.25, 0.3) is 0 Å². The van der Waals surface area contributed by atoms with Gasteiger partial charge in [0.05, 0.1) is 18.0 Å². The predicted octanol–water partition coefficient (Wildman–Crippen LogP) is 2.13. The SMILES string of the molecule is O=C(CNc1ccccc1[N+](=O)[O-])NCC(=O)N1CCN(c2cccc(Cl)c2)CC1. The number of hydrogen-bond donors (Lipinski definition) is 2. The molecule has 10 heteroatoms. The summed E-state index contributed by atoms with van der Waals surface area (Å²) in [5.74, 6) is -0.584. The average Bonchev–Trinajstić information content (AvgIpc) is 2.76. The Labute approximate surface area is 178 Å². The summed E-state index contributed by atoms with van der Waals surface area (Å²) in [6.07, 6.45) is 0. The van der Waals surface area contributed by atoms with E-state index in [2.05, 4.69) is 15.5 Å². The van der Waals surface area contributed by atoms with E-state index in [0.717, 1.165) is 5.69 Å². The number of nitro benzene ring substituents is 1. The van der Waals surface area contributed by atoms with Gasteiger partial charge >= 0.3 is 0 Å². The standard InChI is InChI=1S/C20H22ClN5O4/c21-15-4-3-5-16(12-15)24-8-10-25(11-9-24)20(28)14-23-19(27)13-22-17-6-1-2-7-18(17)26(29)30/h1-7,12,22H,8-11,13-14H2,(H,23,27). The first-order valence-corrected chi connectivity index (χ1v) is 9.84. The van der Waals surface area contributed by atoms with E-state index in [0.29, 0.717) is 31.2 Å². The Bertz CT molecular complexity index is 931. The van der Waals surface area contributed by atoms with Gasteiger partial charge in [0, 0.05) is 43.0 Å². The lowest BCUT2D eigenvalue weighted by Gasteiger charge is -2.36. The molecule has 1 fully saturated rings. The van der Waals surface area contributed by atoms with Gasteiger partial charge in [-0.25, -0.2) is 0 Å². The molecular weight excluding hydrogens is 410 g/mol. The fraction of sp³-hybridized carbons (Fsp3) is 0.300. The number of piperazine rings is 1. The smallest absolute Gasteiger partial charge is 0.292 e. The van der Waals surface area contributed by atoms with Gasteiger partial charge < -0.3 is 20.4 Å². The van der Waals surface area contributed by atoms with Crippen molar-refractivity contribution in [3.63, 3.8) is 0 Å². The molecule has 0 atom stereocenters. The monoisotopic (exact) mass is 431 g/mol. The van der Waals surface area contributed by atoms with Crippen molar-refractivity contribution >= 4 is 40.5 Å². The van der Waals surface area contributed by atoms with Crippen molar-refractivity contribution in [2.45, 2.75) is 0 Å². The van der Waals surface area contributed by atoms with Crippen LogP contribution in [0.2, 0.25) is 5.02 Å². The van der Waals surface area contributed by atoms with Crippen molar-refractivity contribution in [1.82, 2.24) is 10.2 Å². The highest BCUT2D eigenvalue weighted by molar-refractivity contribution is 6.30. The number of halogens is 1. The molecule has 1 aliphatic heterocycles. The number of para-hydroxylation sites is 2. The summed E-state index contributed by atoms with van der Waals surface area (Å²) in [6.45, 7) is 2.18. The van der Waals surface area contributed by atoms with Crippen LogP contribution >= 0.6 is 11.6 Å². The maximum atomic E-state index is 12.4. The molecule has 0 aliphatic carbocycles. The second-order valence-corrected chi connectivity index (χ2v) is 7.19. The molecule has 0 unspecified atom stereocenters. The van der Waals surface area contributed by atoms with E-state index in [1.165, 1.54) is 12.1 Å². The number of carbonyl (C=O) groups excluding carboxylic acids is 2. The van der Waals surface area contributed by atoms with Crippen LogP contribution in [-0.4, -0.2) is 60.9 Å². The van der Waals surface area contributed by atoms with Crippen molar-refractivity contribution < 1.29 is 14.5 Å². The van der Waals surface area contributed by atoms with Crippen LogP contribution in [0, 0.1) is 10.1 Å². The van der Waals surface area contributed by atoms with Gasteiger partial charge in [0.25, 0.3) is 5.69 Å². The molecule has 0 spiro atoms. The molecule has 3 rings (SSSR count). The third kappa shape index (κ3) is 5.60. The molecule has 2 aromatic carbocycles. The number of anilines is 2. The number of nitrogens with one attached hydrogen (secondary N) is 2. The first-order valence-electron chi connectivity index (χ1n) is 9.46. The summed E-state index contributed by atoms with van der Waals surface area (Å²) < 4.78 is 0. The minimum atomic E-state index is -0.521. The molecule has 2 N–H and O–H groups in total. The van der Waals surface area contributed by atoms with Crippen LogP contribution in [0.5, 0.6) is 0 Å². The van der Waals surface area contributed by atoms with Crippen LogP contribution in [-0.2, 0) is 9.59 Å². The van der Waals surface area contributed by atoms with E-state index in [9.17, 15) is 19.7 Å². The normalized spacial score (nSPS) is 13.6. The fourth-order valence-electron chi connectivity index (χ4n) is 3.19. The van der Waals surface area contributed by atoms with E-state index < -0.39 is 10.8 Å². The lowest BCUT2D eigenvalue weighted by atomic mass is 10.2. The van der Waals surface area contributed by atoms with Gasteiger partial charge in [-0.05, 0) is 24.3 Å². The molecule has 158 valence electrons. The number of amides is 2. The molecular formula is C20H22ClN5O4. The van der Waals surface area contributed by atoms with E-state index in [1.54, 1.807) is 17.0 Å².